The van der Waals surface area contributed by atoms with E-state index in [1.165, 1.54) is 57.1 Å². The molecule has 1 unspecified atom stereocenters. The Kier molecular flexibility index (Phi) is 5.91. The van der Waals surface area contributed by atoms with E-state index in [0.717, 1.165) is 6.04 Å². The lowest BCUT2D eigenvalue weighted by atomic mass is 9.92. The largest absolute Gasteiger partial charge is 0.298 e. The Morgan fingerprint density at radius 2 is 1.79 bits per heavy atom. The van der Waals surface area contributed by atoms with Gasteiger partial charge in [0.15, 0.2) is 0 Å². The SMILES string of the molecule is CCN(C(C)CCc1ccccc1)C1CCCCC1. The summed E-state index contributed by atoms with van der Waals surface area (Å²) in [7, 11) is 0. The third-order valence-corrected chi connectivity index (χ3v) is 4.67. The van der Waals surface area contributed by atoms with Gasteiger partial charge in [-0.25, -0.2) is 0 Å². The third-order valence-electron chi connectivity index (χ3n) is 4.67. The van der Waals surface area contributed by atoms with Crippen LogP contribution in [-0.2, 0) is 6.42 Å². The van der Waals surface area contributed by atoms with Gasteiger partial charge in [0.1, 0.15) is 0 Å². The summed E-state index contributed by atoms with van der Waals surface area (Å²) in [5.74, 6) is 0. The molecule has 0 aromatic heterocycles. The van der Waals surface area contributed by atoms with Gasteiger partial charge in [0.05, 0.1) is 0 Å². The van der Waals surface area contributed by atoms with Crippen LogP contribution < -0.4 is 0 Å². The first-order chi connectivity index (χ1) is 9.31. The molecule has 0 saturated heterocycles. The zero-order valence-corrected chi connectivity index (χ0v) is 12.6. The van der Waals surface area contributed by atoms with Crippen LogP contribution in [0.5, 0.6) is 0 Å². The molecule has 0 spiro atoms. The van der Waals surface area contributed by atoms with E-state index in [-0.39, 0.29) is 0 Å². The fraction of sp³-hybridized carbons (Fsp3) is 0.667. The number of rotatable bonds is 6. The second-order valence-corrected chi connectivity index (χ2v) is 6.00. The van der Waals surface area contributed by atoms with Crippen LogP contribution in [-0.4, -0.2) is 23.5 Å². The minimum atomic E-state index is 0.716. The molecule has 1 saturated carbocycles. The van der Waals surface area contributed by atoms with Crippen molar-refractivity contribution in [3.8, 4) is 0 Å². The fourth-order valence-corrected chi connectivity index (χ4v) is 3.53. The predicted molar refractivity (Wildman–Crippen MR) is 83.5 cm³/mol. The van der Waals surface area contributed by atoms with Gasteiger partial charge in [-0.2, -0.15) is 0 Å². The molecule has 0 amide bonds. The maximum absolute atomic E-state index is 2.75. The Bertz CT molecular complexity index is 340. The number of benzene rings is 1. The number of hydrogen-bond acceptors (Lipinski definition) is 1. The van der Waals surface area contributed by atoms with Crippen molar-refractivity contribution >= 4 is 0 Å². The molecule has 0 heterocycles. The molecule has 106 valence electrons. The third kappa shape index (κ3) is 4.35. The first-order valence-corrected chi connectivity index (χ1v) is 8.11. The standard InChI is InChI=1S/C18H29N/c1-3-19(18-12-8-5-9-13-18)16(2)14-15-17-10-6-4-7-11-17/h4,6-7,10-11,16,18H,3,5,8-9,12-15H2,1-2H3. The van der Waals surface area contributed by atoms with Crippen LogP contribution in [0.1, 0.15) is 57.9 Å². The molecule has 1 aliphatic carbocycles. The molecule has 1 fully saturated rings. The van der Waals surface area contributed by atoms with Gasteiger partial charge in [0, 0.05) is 12.1 Å². The normalized spacial score (nSPS) is 18.7. The van der Waals surface area contributed by atoms with Gasteiger partial charge in [0.25, 0.3) is 0 Å². The van der Waals surface area contributed by atoms with Crippen LogP contribution in [0.2, 0.25) is 0 Å². The van der Waals surface area contributed by atoms with Gasteiger partial charge in [-0.15, -0.1) is 0 Å². The monoisotopic (exact) mass is 259 g/mol. The highest BCUT2D eigenvalue weighted by Gasteiger charge is 2.23. The minimum Gasteiger partial charge on any atom is -0.298 e. The number of aryl methyl sites for hydroxylation is 1. The number of nitrogens with zero attached hydrogens (tertiary/aromatic N) is 1. The molecule has 19 heavy (non-hydrogen) atoms. The molecule has 1 atom stereocenters. The highest BCUT2D eigenvalue weighted by Crippen LogP contribution is 2.25. The van der Waals surface area contributed by atoms with E-state index >= 15 is 0 Å². The maximum Gasteiger partial charge on any atom is 0.00979 e. The van der Waals surface area contributed by atoms with Crippen molar-refractivity contribution in [2.45, 2.75) is 70.9 Å². The van der Waals surface area contributed by atoms with Crippen LogP contribution in [0.3, 0.4) is 0 Å². The average molecular weight is 259 g/mol. The molecule has 1 aliphatic rings. The van der Waals surface area contributed by atoms with Crippen LogP contribution >= 0.6 is 0 Å². The molecule has 2 rings (SSSR count). The van der Waals surface area contributed by atoms with Crippen molar-refractivity contribution < 1.29 is 0 Å². The second-order valence-electron chi connectivity index (χ2n) is 6.00. The summed E-state index contributed by atoms with van der Waals surface area (Å²) in [4.78, 5) is 2.75. The van der Waals surface area contributed by atoms with Gasteiger partial charge < -0.3 is 0 Å². The molecule has 1 nitrogen and oxygen atoms in total. The predicted octanol–water partition coefficient (Wildman–Crippen LogP) is 4.66. The number of hydrogen-bond donors (Lipinski definition) is 0. The Balaban J connectivity index is 1.84. The van der Waals surface area contributed by atoms with Crippen molar-refractivity contribution in [2.24, 2.45) is 0 Å². The molecule has 1 heteroatoms. The lowest BCUT2D eigenvalue weighted by molar-refractivity contribution is 0.114. The molecule has 0 N–H and O–H groups in total. The van der Waals surface area contributed by atoms with Gasteiger partial charge in [-0.1, -0.05) is 56.5 Å². The zero-order valence-electron chi connectivity index (χ0n) is 12.6. The van der Waals surface area contributed by atoms with Gasteiger partial charge in [-0.05, 0) is 44.7 Å². The summed E-state index contributed by atoms with van der Waals surface area (Å²) in [5, 5.41) is 0. The summed E-state index contributed by atoms with van der Waals surface area (Å²) < 4.78 is 0. The lowest BCUT2D eigenvalue weighted by Gasteiger charge is -2.38. The Morgan fingerprint density at radius 1 is 1.11 bits per heavy atom. The highest BCUT2D eigenvalue weighted by molar-refractivity contribution is 5.14. The van der Waals surface area contributed by atoms with Gasteiger partial charge >= 0.3 is 0 Å². The van der Waals surface area contributed by atoms with Gasteiger partial charge in [0.2, 0.25) is 0 Å². The summed E-state index contributed by atoms with van der Waals surface area (Å²) in [6.07, 6.45) is 9.66. The van der Waals surface area contributed by atoms with Crippen LogP contribution in [0.25, 0.3) is 0 Å². The lowest BCUT2D eigenvalue weighted by Crippen LogP contribution is -2.42. The molecule has 0 aliphatic heterocycles. The van der Waals surface area contributed by atoms with Crippen molar-refractivity contribution in [1.82, 2.24) is 4.90 Å². The zero-order chi connectivity index (χ0) is 13.5. The summed E-state index contributed by atoms with van der Waals surface area (Å²) in [6.45, 7) is 5.95. The first kappa shape index (κ1) is 14.6. The van der Waals surface area contributed by atoms with Gasteiger partial charge in [-0.3, -0.25) is 4.90 Å². The topological polar surface area (TPSA) is 3.24 Å². The molecule has 0 bridgehead atoms. The average Bonchev–Trinajstić information content (AvgIpc) is 2.48. The van der Waals surface area contributed by atoms with E-state index in [9.17, 15) is 0 Å². The van der Waals surface area contributed by atoms with Crippen LogP contribution in [0, 0.1) is 0 Å². The van der Waals surface area contributed by atoms with Crippen molar-refractivity contribution in [3.05, 3.63) is 35.9 Å². The fourth-order valence-electron chi connectivity index (χ4n) is 3.53. The van der Waals surface area contributed by atoms with E-state index in [1.54, 1.807) is 0 Å². The van der Waals surface area contributed by atoms with E-state index in [2.05, 4.69) is 49.1 Å². The van der Waals surface area contributed by atoms with E-state index in [1.807, 2.05) is 0 Å². The van der Waals surface area contributed by atoms with E-state index < -0.39 is 0 Å². The van der Waals surface area contributed by atoms with Crippen molar-refractivity contribution in [1.29, 1.82) is 0 Å². The Labute approximate surface area is 119 Å². The molecule has 0 radical (unpaired) electrons. The molecular weight excluding hydrogens is 230 g/mol. The maximum atomic E-state index is 2.75. The first-order valence-electron chi connectivity index (χ1n) is 8.11. The van der Waals surface area contributed by atoms with Crippen LogP contribution in [0.4, 0.5) is 0 Å². The summed E-state index contributed by atoms with van der Waals surface area (Å²) >= 11 is 0. The van der Waals surface area contributed by atoms with E-state index in [0.29, 0.717) is 6.04 Å². The molecular formula is C18H29N. The Morgan fingerprint density at radius 3 is 2.42 bits per heavy atom. The van der Waals surface area contributed by atoms with Crippen LogP contribution in [0.15, 0.2) is 30.3 Å². The molecule has 1 aromatic carbocycles. The summed E-state index contributed by atoms with van der Waals surface area (Å²) in [5.41, 5.74) is 1.48. The van der Waals surface area contributed by atoms with Crippen molar-refractivity contribution in [2.75, 3.05) is 6.54 Å². The minimum absolute atomic E-state index is 0.716. The Hall–Kier alpha value is -0.820. The van der Waals surface area contributed by atoms with Crippen molar-refractivity contribution in [3.63, 3.8) is 0 Å². The highest BCUT2D eigenvalue weighted by atomic mass is 15.2. The second kappa shape index (κ2) is 7.69. The molecule has 1 aromatic rings. The quantitative estimate of drug-likeness (QED) is 0.718. The smallest absolute Gasteiger partial charge is 0.00979 e. The summed E-state index contributed by atoms with van der Waals surface area (Å²) in [6, 6.07) is 12.5. The van der Waals surface area contributed by atoms with E-state index in [4.69, 9.17) is 0 Å².